The lowest BCUT2D eigenvalue weighted by Crippen LogP contribution is -2.31. The highest BCUT2D eigenvalue weighted by Crippen LogP contribution is 2.42. The second-order valence-electron chi connectivity index (χ2n) is 6.16. The van der Waals surface area contributed by atoms with E-state index in [0.717, 1.165) is 4.90 Å². The number of amides is 3. The lowest BCUT2D eigenvalue weighted by atomic mass is 10.0. The van der Waals surface area contributed by atoms with Gasteiger partial charge < -0.3 is 9.47 Å². The molecule has 0 spiro atoms. The molecule has 1 aliphatic heterocycles. The van der Waals surface area contributed by atoms with Gasteiger partial charge in [0.25, 0.3) is 5.91 Å². The van der Waals surface area contributed by atoms with Crippen molar-refractivity contribution in [1.29, 1.82) is 0 Å². The molecular weight excluding hydrogens is 360 g/mol. The van der Waals surface area contributed by atoms with Crippen LogP contribution in [0.4, 0.5) is 16.2 Å². The first-order chi connectivity index (χ1) is 13.4. The summed E-state index contributed by atoms with van der Waals surface area (Å²) < 4.78 is 10.3. The van der Waals surface area contributed by atoms with Gasteiger partial charge in [-0.1, -0.05) is 30.3 Å². The van der Waals surface area contributed by atoms with E-state index in [4.69, 9.17) is 9.47 Å². The van der Waals surface area contributed by atoms with Gasteiger partial charge >= 0.3 is 6.09 Å². The van der Waals surface area contributed by atoms with Crippen molar-refractivity contribution in [1.82, 2.24) is 0 Å². The number of imide groups is 1. The highest BCUT2D eigenvalue weighted by Gasteiger charge is 2.38. The summed E-state index contributed by atoms with van der Waals surface area (Å²) in [6.07, 6.45) is -0.548. The third-order valence-electron chi connectivity index (χ3n) is 4.53. The molecule has 7 heteroatoms. The van der Waals surface area contributed by atoms with Crippen LogP contribution < -0.4 is 9.80 Å². The van der Waals surface area contributed by atoms with Crippen LogP contribution in [0.25, 0.3) is 11.3 Å². The maximum Gasteiger partial charge on any atom is 0.413 e. The fourth-order valence-corrected chi connectivity index (χ4v) is 3.19. The summed E-state index contributed by atoms with van der Waals surface area (Å²) in [5.74, 6) is -0.520. The predicted octanol–water partition coefficient (Wildman–Crippen LogP) is 3.30. The summed E-state index contributed by atoms with van der Waals surface area (Å²) in [6.45, 7) is 1.33. The fraction of sp³-hybridized carbons (Fsp3) is 0.190. The molecule has 0 aliphatic carbocycles. The molecule has 0 N–H and O–H groups in total. The Bertz CT molecular complexity index is 982. The van der Waals surface area contributed by atoms with Crippen LogP contribution in [0, 0.1) is 0 Å². The van der Waals surface area contributed by atoms with Crippen LogP contribution in [0.15, 0.2) is 48.5 Å². The van der Waals surface area contributed by atoms with Gasteiger partial charge in [0.2, 0.25) is 5.91 Å². The molecule has 1 aliphatic rings. The Morgan fingerprint density at radius 2 is 1.68 bits per heavy atom. The summed E-state index contributed by atoms with van der Waals surface area (Å²) in [5.41, 5.74) is 2.44. The molecule has 144 valence electrons. The monoisotopic (exact) mass is 380 g/mol. The standard InChI is InChI=1S/C21H20N2O5/c1-13(24)23-17-11-10-15(22(2)21(26)28-4)12-16(17)18(20(23)25)19(27-3)14-8-6-5-7-9-14/h5-12H,1-4H3/b19-18-. The summed E-state index contributed by atoms with van der Waals surface area (Å²) >= 11 is 0. The number of nitrogens with zero attached hydrogens (tertiary/aromatic N) is 2. The fourth-order valence-electron chi connectivity index (χ4n) is 3.19. The number of hydrogen-bond donors (Lipinski definition) is 0. The van der Waals surface area contributed by atoms with E-state index < -0.39 is 17.9 Å². The molecule has 0 bridgehead atoms. The van der Waals surface area contributed by atoms with E-state index in [1.807, 2.05) is 30.3 Å². The number of rotatable bonds is 3. The number of benzene rings is 2. The van der Waals surface area contributed by atoms with Gasteiger partial charge in [-0.15, -0.1) is 0 Å². The second kappa shape index (κ2) is 7.56. The Balaban J connectivity index is 2.26. The number of anilines is 2. The zero-order valence-electron chi connectivity index (χ0n) is 16.1. The topological polar surface area (TPSA) is 76.2 Å². The van der Waals surface area contributed by atoms with Gasteiger partial charge in [-0.25, -0.2) is 9.69 Å². The van der Waals surface area contributed by atoms with Gasteiger partial charge in [-0.3, -0.25) is 14.5 Å². The average Bonchev–Trinajstić information content (AvgIpc) is 3.00. The number of hydrogen-bond acceptors (Lipinski definition) is 5. The number of ether oxygens (including phenoxy) is 2. The average molecular weight is 380 g/mol. The van der Waals surface area contributed by atoms with Crippen molar-refractivity contribution in [2.75, 3.05) is 31.1 Å². The SMILES string of the molecule is COC(=O)N(C)c1ccc2c(c1)/C(=C(/OC)c1ccccc1)C(=O)N2C(C)=O. The zero-order chi connectivity index (χ0) is 20.4. The largest absolute Gasteiger partial charge is 0.495 e. The highest BCUT2D eigenvalue weighted by atomic mass is 16.5. The molecule has 0 saturated carbocycles. The van der Waals surface area contributed by atoms with Crippen LogP contribution in [0.2, 0.25) is 0 Å². The van der Waals surface area contributed by atoms with Crippen molar-refractivity contribution in [2.24, 2.45) is 0 Å². The minimum atomic E-state index is -0.548. The molecule has 0 fully saturated rings. The lowest BCUT2D eigenvalue weighted by Gasteiger charge is -2.17. The predicted molar refractivity (Wildman–Crippen MR) is 106 cm³/mol. The summed E-state index contributed by atoms with van der Waals surface area (Å²) in [7, 11) is 4.32. The van der Waals surface area contributed by atoms with Crippen LogP contribution in [-0.4, -0.2) is 39.2 Å². The van der Waals surface area contributed by atoms with E-state index in [2.05, 4.69) is 0 Å². The molecule has 2 aromatic rings. The third kappa shape index (κ3) is 3.11. The Morgan fingerprint density at radius 1 is 1.00 bits per heavy atom. The van der Waals surface area contributed by atoms with Crippen molar-refractivity contribution in [3.63, 3.8) is 0 Å². The first kappa shape index (κ1) is 19.2. The lowest BCUT2D eigenvalue weighted by molar-refractivity contribution is -0.122. The Labute approximate surface area is 162 Å². The Hall–Kier alpha value is -3.61. The molecule has 3 amide bonds. The highest BCUT2D eigenvalue weighted by molar-refractivity contribution is 6.43. The smallest absolute Gasteiger partial charge is 0.413 e. The van der Waals surface area contributed by atoms with E-state index in [9.17, 15) is 14.4 Å². The van der Waals surface area contributed by atoms with Crippen LogP contribution in [0.3, 0.4) is 0 Å². The van der Waals surface area contributed by atoms with Gasteiger partial charge in [0, 0.05) is 30.8 Å². The van der Waals surface area contributed by atoms with Gasteiger partial charge in [0.1, 0.15) is 5.76 Å². The van der Waals surface area contributed by atoms with E-state index in [-0.39, 0.29) is 5.57 Å². The number of methoxy groups -OCH3 is 2. The Morgan fingerprint density at radius 3 is 2.25 bits per heavy atom. The van der Waals surface area contributed by atoms with Crippen molar-refractivity contribution in [3.05, 3.63) is 59.7 Å². The molecule has 0 aromatic heterocycles. The van der Waals surface area contributed by atoms with E-state index in [0.29, 0.717) is 28.3 Å². The van der Waals surface area contributed by atoms with Crippen molar-refractivity contribution in [2.45, 2.75) is 6.92 Å². The van der Waals surface area contributed by atoms with Crippen LogP contribution >= 0.6 is 0 Å². The first-order valence-corrected chi connectivity index (χ1v) is 8.55. The molecule has 3 rings (SSSR count). The van der Waals surface area contributed by atoms with E-state index >= 15 is 0 Å². The van der Waals surface area contributed by atoms with Crippen LogP contribution in [-0.2, 0) is 19.1 Å². The van der Waals surface area contributed by atoms with E-state index in [1.165, 1.54) is 26.0 Å². The first-order valence-electron chi connectivity index (χ1n) is 8.55. The summed E-state index contributed by atoms with van der Waals surface area (Å²) in [4.78, 5) is 39.6. The van der Waals surface area contributed by atoms with Gasteiger partial charge in [-0.2, -0.15) is 0 Å². The normalized spacial score (nSPS) is 14.4. The number of fused-ring (bicyclic) bond motifs is 1. The summed E-state index contributed by atoms with van der Waals surface area (Å²) in [5, 5.41) is 0. The molecular formula is C21H20N2O5. The molecule has 2 aromatic carbocycles. The van der Waals surface area contributed by atoms with Crippen LogP contribution in [0.5, 0.6) is 0 Å². The maximum atomic E-state index is 13.1. The molecule has 0 saturated heterocycles. The minimum Gasteiger partial charge on any atom is -0.495 e. The number of carbonyl (C=O) groups is 3. The van der Waals surface area contributed by atoms with E-state index in [1.54, 1.807) is 25.2 Å². The van der Waals surface area contributed by atoms with Crippen LogP contribution in [0.1, 0.15) is 18.1 Å². The van der Waals surface area contributed by atoms with Crippen molar-refractivity contribution >= 4 is 40.6 Å². The molecule has 1 heterocycles. The molecule has 28 heavy (non-hydrogen) atoms. The second-order valence-corrected chi connectivity index (χ2v) is 6.16. The maximum absolute atomic E-state index is 13.1. The van der Waals surface area contributed by atoms with Gasteiger partial charge in [-0.05, 0) is 18.2 Å². The quantitative estimate of drug-likeness (QED) is 0.603. The molecule has 7 nitrogen and oxygen atoms in total. The molecule has 0 atom stereocenters. The molecule has 0 unspecified atom stereocenters. The Kier molecular flexibility index (Phi) is 5.17. The van der Waals surface area contributed by atoms with Gasteiger partial charge in [0.05, 0.1) is 25.5 Å². The van der Waals surface area contributed by atoms with Crippen molar-refractivity contribution in [3.8, 4) is 0 Å². The molecule has 0 radical (unpaired) electrons. The number of carbonyl (C=O) groups excluding carboxylic acids is 3. The summed E-state index contributed by atoms with van der Waals surface area (Å²) in [6, 6.07) is 14.1. The van der Waals surface area contributed by atoms with Gasteiger partial charge in [0.15, 0.2) is 0 Å². The zero-order valence-corrected chi connectivity index (χ0v) is 16.1. The minimum absolute atomic E-state index is 0.263. The van der Waals surface area contributed by atoms with Crippen molar-refractivity contribution < 1.29 is 23.9 Å². The third-order valence-corrected chi connectivity index (χ3v) is 4.53.